The van der Waals surface area contributed by atoms with Crippen molar-refractivity contribution in [2.45, 2.75) is 44.3 Å². The lowest BCUT2D eigenvalue weighted by atomic mass is 9.80. The highest BCUT2D eigenvalue weighted by atomic mass is 79.9. The van der Waals surface area contributed by atoms with Gasteiger partial charge in [-0.3, -0.25) is 0 Å². The van der Waals surface area contributed by atoms with Crippen molar-refractivity contribution in [2.24, 2.45) is 0 Å². The molecule has 0 saturated carbocycles. The maximum absolute atomic E-state index is 13.3. The van der Waals surface area contributed by atoms with Crippen LogP contribution in [0.15, 0.2) is 22.7 Å². The second kappa shape index (κ2) is 4.91. The SMILES string of the molecule is CC1(C)CC(O)(Cc2cc(F)cc(Br)c2)CCO1. The molecule has 4 heteroatoms. The molecule has 1 saturated heterocycles. The van der Waals surface area contributed by atoms with E-state index in [4.69, 9.17) is 4.74 Å². The number of hydrogen-bond acceptors (Lipinski definition) is 2. The fourth-order valence-electron chi connectivity index (χ4n) is 2.69. The van der Waals surface area contributed by atoms with E-state index < -0.39 is 5.60 Å². The lowest BCUT2D eigenvalue weighted by Crippen LogP contribution is -2.47. The van der Waals surface area contributed by atoms with Gasteiger partial charge < -0.3 is 9.84 Å². The lowest BCUT2D eigenvalue weighted by molar-refractivity contribution is -0.143. The molecule has 1 aliphatic heterocycles. The van der Waals surface area contributed by atoms with Gasteiger partial charge in [-0.05, 0) is 44.0 Å². The highest BCUT2D eigenvalue weighted by Gasteiger charge is 2.39. The molecular formula is C14H18BrFO2. The van der Waals surface area contributed by atoms with Crippen molar-refractivity contribution in [2.75, 3.05) is 6.61 Å². The Morgan fingerprint density at radius 1 is 1.39 bits per heavy atom. The predicted molar refractivity (Wildman–Crippen MR) is 72.0 cm³/mol. The number of rotatable bonds is 2. The van der Waals surface area contributed by atoms with Crippen LogP contribution in [0, 0.1) is 5.82 Å². The molecule has 100 valence electrons. The van der Waals surface area contributed by atoms with Crippen molar-refractivity contribution in [3.05, 3.63) is 34.1 Å². The first kappa shape index (κ1) is 14.0. The van der Waals surface area contributed by atoms with Gasteiger partial charge in [-0.1, -0.05) is 15.9 Å². The minimum Gasteiger partial charge on any atom is -0.389 e. The standard InChI is InChI=1S/C14H18BrFO2/c1-13(2)9-14(17,3-4-18-13)8-10-5-11(15)7-12(16)6-10/h5-7,17H,3-4,8-9H2,1-2H3. The largest absolute Gasteiger partial charge is 0.389 e. The number of ether oxygens (including phenoxy) is 1. The number of hydrogen-bond donors (Lipinski definition) is 1. The quantitative estimate of drug-likeness (QED) is 0.905. The third-order valence-corrected chi connectivity index (χ3v) is 3.73. The van der Waals surface area contributed by atoms with Gasteiger partial charge in [0, 0.05) is 17.3 Å². The van der Waals surface area contributed by atoms with E-state index in [-0.39, 0.29) is 11.4 Å². The van der Waals surface area contributed by atoms with Crippen molar-refractivity contribution in [3.63, 3.8) is 0 Å². The normalized spacial score (nSPS) is 27.2. The van der Waals surface area contributed by atoms with Gasteiger partial charge in [-0.2, -0.15) is 0 Å². The van der Waals surface area contributed by atoms with Gasteiger partial charge in [0.2, 0.25) is 0 Å². The maximum atomic E-state index is 13.3. The Morgan fingerprint density at radius 2 is 2.11 bits per heavy atom. The van der Waals surface area contributed by atoms with E-state index in [1.54, 1.807) is 0 Å². The Morgan fingerprint density at radius 3 is 2.72 bits per heavy atom. The van der Waals surface area contributed by atoms with Crippen molar-refractivity contribution < 1.29 is 14.2 Å². The average Bonchev–Trinajstić information content (AvgIpc) is 2.11. The van der Waals surface area contributed by atoms with Crippen LogP contribution in [0.5, 0.6) is 0 Å². The van der Waals surface area contributed by atoms with E-state index in [1.807, 2.05) is 19.9 Å². The average molecular weight is 317 g/mol. The van der Waals surface area contributed by atoms with Crippen LogP contribution in [0.4, 0.5) is 4.39 Å². The summed E-state index contributed by atoms with van der Waals surface area (Å²) >= 11 is 3.27. The third-order valence-electron chi connectivity index (χ3n) is 3.27. The van der Waals surface area contributed by atoms with Crippen LogP contribution < -0.4 is 0 Å². The summed E-state index contributed by atoms with van der Waals surface area (Å²) < 4.78 is 19.6. The molecule has 1 unspecified atom stereocenters. The fraction of sp³-hybridized carbons (Fsp3) is 0.571. The monoisotopic (exact) mass is 316 g/mol. The molecule has 1 aromatic carbocycles. The Hall–Kier alpha value is -0.450. The van der Waals surface area contributed by atoms with Crippen LogP contribution in [0.25, 0.3) is 0 Å². The fourth-order valence-corrected chi connectivity index (χ4v) is 3.21. The van der Waals surface area contributed by atoms with E-state index in [1.165, 1.54) is 12.1 Å². The Labute approximate surface area is 115 Å². The number of halogens is 2. The van der Waals surface area contributed by atoms with Crippen LogP contribution in [0.2, 0.25) is 0 Å². The molecule has 1 aliphatic rings. The smallest absolute Gasteiger partial charge is 0.124 e. The van der Waals surface area contributed by atoms with E-state index in [0.717, 1.165) is 5.56 Å². The first-order valence-electron chi connectivity index (χ1n) is 6.09. The van der Waals surface area contributed by atoms with Gasteiger partial charge >= 0.3 is 0 Å². The van der Waals surface area contributed by atoms with Crippen LogP contribution in [-0.2, 0) is 11.2 Å². The summed E-state index contributed by atoms with van der Waals surface area (Å²) in [7, 11) is 0. The summed E-state index contributed by atoms with van der Waals surface area (Å²) in [6.07, 6.45) is 1.61. The molecule has 0 aliphatic carbocycles. The van der Waals surface area contributed by atoms with Crippen LogP contribution in [-0.4, -0.2) is 22.9 Å². The molecule has 1 heterocycles. The molecule has 0 bridgehead atoms. The first-order chi connectivity index (χ1) is 8.28. The van der Waals surface area contributed by atoms with Gasteiger partial charge in [0.05, 0.1) is 17.8 Å². The zero-order valence-corrected chi connectivity index (χ0v) is 12.3. The van der Waals surface area contributed by atoms with Gasteiger partial charge in [0.1, 0.15) is 5.82 Å². The molecule has 0 amide bonds. The molecule has 0 aromatic heterocycles. The van der Waals surface area contributed by atoms with Gasteiger partial charge in [0.15, 0.2) is 0 Å². The number of benzene rings is 1. The summed E-state index contributed by atoms with van der Waals surface area (Å²) in [4.78, 5) is 0. The van der Waals surface area contributed by atoms with Crippen LogP contribution in [0.1, 0.15) is 32.3 Å². The maximum Gasteiger partial charge on any atom is 0.124 e. The Kier molecular flexibility index (Phi) is 3.81. The van der Waals surface area contributed by atoms with Crippen LogP contribution in [0.3, 0.4) is 0 Å². The second-order valence-electron chi connectivity index (χ2n) is 5.71. The summed E-state index contributed by atoms with van der Waals surface area (Å²) in [6.45, 7) is 4.48. The predicted octanol–water partition coefficient (Wildman–Crippen LogP) is 3.45. The Balaban J connectivity index is 2.16. The van der Waals surface area contributed by atoms with E-state index >= 15 is 0 Å². The van der Waals surface area contributed by atoms with E-state index in [9.17, 15) is 9.50 Å². The van der Waals surface area contributed by atoms with Crippen molar-refractivity contribution in [1.82, 2.24) is 0 Å². The highest BCUT2D eigenvalue weighted by Crippen LogP contribution is 2.34. The summed E-state index contributed by atoms with van der Waals surface area (Å²) in [5.41, 5.74) is -0.325. The molecule has 0 spiro atoms. The molecule has 2 nitrogen and oxygen atoms in total. The Bertz CT molecular complexity index is 427. The molecule has 2 rings (SSSR count). The van der Waals surface area contributed by atoms with Crippen molar-refractivity contribution >= 4 is 15.9 Å². The molecular weight excluding hydrogens is 299 g/mol. The van der Waals surface area contributed by atoms with Crippen molar-refractivity contribution in [3.8, 4) is 0 Å². The second-order valence-corrected chi connectivity index (χ2v) is 6.63. The zero-order chi connectivity index (χ0) is 13.4. The van der Waals surface area contributed by atoms with E-state index in [2.05, 4.69) is 15.9 Å². The van der Waals surface area contributed by atoms with Gasteiger partial charge in [-0.15, -0.1) is 0 Å². The summed E-state index contributed by atoms with van der Waals surface area (Å²) in [5.74, 6) is -0.283. The molecule has 18 heavy (non-hydrogen) atoms. The molecule has 0 radical (unpaired) electrons. The highest BCUT2D eigenvalue weighted by molar-refractivity contribution is 9.10. The zero-order valence-electron chi connectivity index (χ0n) is 10.7. The molecule has 1 atom stereocenters. The number of aliphatic hydroxyl groups is 1. The van der Waals surface area contributed by atoms with Crippen molar-refractivity contribution in [1.29, 1.82) is 0 Å². The molecule has 1 fully saturated rings. The van der Waals surface area contributed by atoms with Gasteiger partial charge in [-0.25, -0.2) is 4.39 Å². The summed E-state index contributed by atoms with van der Waals surface area (Å²) in [6, 6.07) is 4.75. The topological polar surface area (TPSA) is 29.5 Å². The van der Waals surface area contributed by atoms with Crippen LogP contribution >= 0.6 is 15.9 Å². The summed E-state index contributed by atoms with van der Waals surface area (Å²) in [5, 5.41) is 10.6. The van der Waals surface area contributed by atoms with Gasteiger partial charge in [0.25, 0.3) is 0 Å². The molecule has 1 N–H and O–H groups in total. The molecule has 1 aromatic rings. The minimum absolute atomic E-state index is 0.283. The third kappa shape index (κ3) is 3.53. The lowest BCUT2D eigenvalue weighted by Gasteiger charge is -2.41. The first-order valence-corrected chi connectivity index (χ1v) is 6.89. The minimum atomic E-state index is -0.811. The van der Waals surface area contributed by atoms with E-state index in [0.29, 0.717) is 30.3 Å².